The standard InChI is InChI=1S/C16H26Si2/c1-17(2,3)12-9-15-18(13-7-8-14-18)16-10-5-4-6-11-16/h4-8,10-11H,9,12-15H2,1-3H3. The van der Waals surface area contributed by atoms with Crippen LogP contribution in [0.1, 0.15) is 6.42 Å². The monoisotopic (exact) mass is 274 g/mol. The molecule has 0 bridgehead atoms. The predicted molar refractivity (Wildman–Crippen MR) is 88.2 cm³/mol. The van der Waals surface area contributed by atoms with Crippen LogP contribution in [0.25, 0.3) is 0 Å². The number of benzene rings is 1. The summed E-state index contributed by atoms with van der Waals surface area (Å²) < 4.78 is 0. The molecule has 1 aromatic rings. The third-order valence-electron chi connectivity index (χ3n) is 4.15. The van der Waals surface area contributed by atoms with Gasteiger partial charge in [-0.2, -0.15) is 0 Å². The van der Waals surface area contributed by atoms with Gasteiger partial charge in [-0.25, -0.2) is 0 Å². The van der Waals surface area contributed by atoms with Crippen molar-refractivity contribution in [3.63, 3.8) is 0 Å². The number of hydrogen-bond donors (Lipinski definition) is 0. The highest BCUT2D eigenvalue weighted by Crippen LogP contribution is 2.30. The fraction of sp³-hybridized carbons (Fsp3) is 0.500. The first kappa shape index (κ1) is 13.8. The number of allylic oxidation sites excluding steroid dienone is 2. The SMILES string of the molecule is C[Si](C)(C)CCC[Si]1(c2ccccc2)CC=CC1. The van der Waals surface area contributed by atoms with E-state index in [1.54, 1.807) is 5.19 Å². The zero-order valence-electron chi connectivity index (χ0n) is 12.1. The van der Waals surface area contributed by atoms with Gasteiger partial charge in [0.25, 0.3) is 0 Å². The maximum atomic E-state index is 2.50. The second kappa shape index (κ2) is 5.58. The molecule has 2 heteroatoms. The van der Waals surface area contributed by atoms with Crippen LogP contribution in [-0.2, 0) is 0 Å². The van der Waals surface area contributed by atoms with Crippen LogP contribution in [0.2, 0.25) is 43.8 Å². The van der Waals surface area contributed by atoms with E-state index in [0.29, 0.717) is 0 Å². The Morgan fingerprint density at radius 1 is 1.00 bits per heavy atom. The number of hydrogen-bond acceptors (Lipinski definition) is 0. The molecule has 98 valence electrons. The summed E-state index contributed by atoms with van der Waals surface area (Å²) in [4.78, 5) is 0. The molecule has 0 aromatic heterocycles. The van der Waals surface area contributed by atoms with Gasteiger partial charge in [-0.15, -0.1) is 0 Å². The van der Waals surface area contributed by atoms with Gasteiger partial charge in [0.15, 0.2) is 0 Å². The Kier molecular flexibility index (Phi) is 4.28. The number of rotatable bonds is 5. The lowest BCUT2D eigenvalue weighted by atomic mass is 10.4. The molecular formula is C16H26Si2. The Labute approximate surface area is 114 Å². The van der Waals surface area contributed by atoms with E-state index in [2.05, 4.69) is 62.1 Å². The Morgan fingerprint density at radius 2 is 1.61 bits per heavy atom. The second-order valence-electron chi connectivity index (χ2n) is 6.94. The van der Waals surface area contributed by atoms with E-state index in [-0.39, 0.29) is 0 Å². The van der Waals surface area contributed by atoms with Crippen molar-refractivity contribution < 1.29 is 0 Å². The Morgan fingerprint density at radius 3 is 2.17 bits per heavy atom. The molecule has 2 rings (SSSR count). The first-order valence-corrected chi connectivity index (χ1v) is 13.6. The summed E-state index contributed by atoms with van der Waals surface area (Å²) in [6.45, 7) is 7.49. The third-order valence-corrected chi connectivity index (χ3v) is 10.9. The molecular weight excluding hydrogens is 248 g/mol. The van der Waals surface area contributed by atoms with Crippen LogP contribution < -0.4 is 5.19 Å². The van der Waals surface area contributed by atoms with Gasteiger partial charge in [0.2, 0.25) is 0 Å². The van der Waals surface area contributed by atoms with Gasteiger partial charge in [-0.05, 0) is 12.1 Å². The summed E-state index contributed by atoms with van der Waals surface area (Å²) in [5.41, 5.74) is 0. The zero-order chi connectivity index (χ0) is 13.1. The van der Waals surface area contributed by atoms with Crippen molar-refractivity contribution in [2.75, 3.05) is 0 Å². The first-order valence-electron chi connectivity index (χ1n) is 7.22. The minimum Gasteiger partial charge on any atom is -0.0911 e. The summed E-state index contributed by atoms with van der Waals surface area (Å²) in [5.74, 6) is 0. The lowest BCUT2D eigenvalue weighted by molar-refractivity contribution is 1.01. The highest BCUT2D eigenvalue weighted by atomic mass is 28.3. The fourth-order valence-corrected chi connectivity index (χ4v) is 8.95. The highest BCUT2D eigenvalue weighted by Gasteiger charge is 2.35. The van der Waals surface area contributed by atoms with Crippen molar-refractivity contribution in [1.29, 1.82) is 0 Å². The van der Waals surface area contributed by atoms with Crippen molar-refractivity contribution >= 4 is 21.3 Å². The minimum absolute atomic E-state index is 0.861. The molecule has 1 aromatic carbocycles. The van der Waals surface area contributed by atoms with Crippen molar-refractivity contribution in [3.05, 3.63) is 42.5 Å². The van der Waals surface area contributed by atoms with E-state index < -0.39 is 16.1 Å². The van der Waals surface area contributed by atoms with Gasteiger partial charge >= 0.3 is 0 Å². The van der Waals surface area contributed by atoms with E-state index >= 15 is 0 Å². The van der Waals surface area contributed by atoms with Gasteiger partial charge in [0.1, 0.15) is 0 Å². The second-order valence-corrected chi connectivity index (χ2v) is 17.0. The van der Waals surface area contributed by atoms with Crippen LogP contribution >= 0.6 is 0 Å². The van der Waals surface area contributed by atoms with E-state index in [0.717, 1.165) is 0 Å². The molecule has 0 saturated heterocycles. The van der Waals surface area contributed by atoms with Gasteiger partial charge in [0, 0.05) is 8.07 Å². The van der Waals surface area contributed by atoms with Gasteiger partial charge < -0.3 is 0 Å². The zero-order valence-corrected chi connectivity index (χ0v) is 14.1. The summed E-state index contributed by atoms with van der Waals surface area (Å²) in [7, 11) is -2.06. The lowest BCUT2D eigenvalue weighted by Gasteiger charge is -2.28. The molecule has 0 amide bonds. The molecule has 18 heavy (non-hydrogen) atoms. The Balaban J connectivity index is 2.05. The van der Waals surface area contributed by atoms with Gasteiger partial charge in [-0.1, -0.05) is 85.8 Å². The largest absolute Gasteiger partial charge is 0.0940 e. The summed E-state index contributed by atoms with van der Waals surface area (Å²) in [6, 6.07) is 17.1. The molecule has 1 heterocycles. The summed E-state index contributed by atoms with van der Waals surface area (Å²) in [6.07, 6.45) is 6.33. The molecule has 0 spiro atoms. The fourth-order valence-electron chi connectivity index (χ4n) is 3.03. The maximum Gasteiger partial charge on any atom is 0.0940 e. The highest BCUT2D eigenvalue weighted by molar-refractivity contribution is 6.93. The van der Waals surface area contributed by atoms with Gasteiger partial charge in [-0.3, -0.25) is 0 Å². The smallest absolute Gasteiger partial charge is 0.0911 e. The normalized spacial score (nSPS) is 18.2. The molecule has 0 saturated carbocycles. The summed E-state index contributed by atoms with van der Waals surface area (Å²) >= 11 is 0. The van der Waals surface area contributed by atoms with Crippen molar-refractivity contribution in [2.24, 2.45) is 0 Å². The average molecular weight is 275 g/mol. The van der Waals surface area contributed by atoms with Crippen molar-refractivity contribution in [3.8, 4) is 0 Å². The molecule has 1 aliphatic heterocycles. The van der Waals surface area contributed by atoms with Crippen LogP contribution in [0.3, 0.4) is 0 Å². The average Bonchev–Trinajstić information content (AvgIpc) is 2.79. The van der Waals surface area contributed by atoms with E-state index in [1.807, 2.05) is 0 Å². The lowest BCUT2D eigenvalue weighted by Crippen LogP contribution is -2.45. The molecule has 0 fully saturated rings. The Bertz CT molecular complexity index is 393. The van der Waals surface area contributed by atoms with Gasteiger partial charge in [0.05, 0.1) is 8.07 Å². The van der Waals surface area contributed by atoms with Crippen LogP contribution in [0.4, 0.5) is 0 Å². The minimum atomic E-state index is -1.20. The van der Waals surface area contributed by atoms with Crippen molar-refractivity contribution in [2.45, 2.75) is 50.2 Å². The molecule has 0 radical (unpaired) electrons. The van der Waals surface area contributed by atoms with Crippen molar-refractivity contribution in [1.82, 2.24) is 0 Å². The molecule has 0 aliphatic carbocycles. The van der Waals surface area contributed by atoms with E-state index in [1.165, 1.54) is 30.6 Å². The van der Waals surface area contributed by atoms with Crippen LogP contribution in [0.5, 0.6) is 0 Å². The van der Waals surface area contributed by atoms with E-state index in [4.69, 9.17) is 0 Å². The molecule has 1 aliphatic rings. The molecule has 0 N–H and O–H groups in total. The molecule has 0 unspecified atom stereocenters. The van der Waals surface area contributed by atoms with Crippen LogP contribution in [-0.4, -0.2) is 16.1 Å². The quantitative estimate of drug-likeness (QED) is 0.542. The molecule has 0 nitrogen and oxygen atoms in total. The first-order chi connectivity index (χ1) is 8.52. The third kappa shape index (κ3) is 3.45. The topological polar surface area (TPSA) is 0 Å². The maximum absolute atomic E-state index is 2.50. The van der Waals surface area contributed by atoms with E-state index in [9.17, 15) is 0 Å². The predicted octanol–water partition coefficient (Wildman–Crippen LogP) is 4.64. The molecule has 0 atom stereocenters. The van der Waals surface area contributed by atoms with Crippen LogP contribution in [0, 0.1) is 0 Å². The van der Waals surface area contributed by atoms with Crippen LogP contribution in [0.15, 0.2) is 42.5 Å². The summed E-state index contributed by atoms with van der Waals surface area (Å²) in [5, 5.41) is 1.69. The Hall–Kier alpha value is -0.606.